The molecule has 2 rings (SSSR count). The summed E-state index contributed by atoms with van der Waals surface area (Å²) in [4.78, 5) is 18.4. The van der Waals surface area contributed by atoms with Crippen LogP contribution in [0.1, 0.15) is 11.1 Å². The maximum atomic E-state index is 4.43. The highest BCUT2D eigenvalue weighted by atomic mass is 15.2. The first kappa shape index (κ1) is 13.9. The second kappa shape index (κ2) is 6.56. The lowest BCUT2D eigenvalue weighted by atomic mass is 10.1. The van der Waals surface area contributed by atoms with Gasteiger partial charge in [-0.2, -0.15) is 0 Å². The van der Waals surface area contributed by atoms with Crippen LogP contribution in [-0.4, -0.2) is 34.6 Å². The Morgan fingerprint density at radius 2 is 1.90 bits per heavy atom. The van der Waals surface area contributed by atoms with E-state index >= 15 is 0 Å². The molecule has 0 saturated heterocycles. The summed E-state index contributed by atoms with van der Waals surface area (Å²) in [6.07, 6.45) is 8.20. The van der Waals surface area contributed by atoms with Gasteiger partial charge in [-0.3, -0.25) is 4.98 Å². The normalized spacial score (nSPS) is 11.3. The molecule has 0 aliphatic carbocycles. The van der Waals surface area contributed by atoms with Crippen molar-refractivity contribution in [2.45, 2.75) is 13.8 Å². The summed E-state index contributed by atoms with van der Waals surface area (Å²) in [6, 6.07) is 6.17. The average molecular weight is 267 g/mol. The fraction of sp³-hybridized carbons (Fsp3) is 0.200. The molecule has 20 heavy (non-hydrogen) atoms. The van der Waals surface area contributed by atoms with Crippen LogP contribution in [0.5, 0.6) is 0 Å². The number of rotatable bonds is 4. The summed E-state index contributed by atoms with van der Waals surface area (Å²) in [5, 5.41) is 0. The van der Waals surface area contributed by atoms with Crippen LogP contribution in [-0.2, 0) is 0 Å². The standard InChI is InChI=1S/C15H17N5/c1-12-4-5-14(13(2)8-12)18-10-20(3)11-19-15-9-16-6-7-17-15/h4-11H,1-3H3/b18-10+,19-11+. The van der Waals surface area contributed by atoms with Crippen molar-refractivity contribution in [3.05, 3.63) is 47.9 Å². The summed E-state index contributed by atoms with van der Waals surface area (Å²) < 4.78 is 0. The number of hydrogen-bond donors (Lipinski definition) is 0. The second-order valence-corrected chi connectivity index (χ2v) is 4.51. The highest BCUT2D eigenvalue weighted by Crippen LogP contribution is 2.18. The number of aryl methyl sites for hydroxylation is 2. The average Bonchev–Trinajstić information content (AvgIpc) is 2.45. The monoisotopic (exact) mass is 267 g/mol. The van der Waals surface area contributed by atoms with Gasteiger partial charge in [-0.25, -0.2) is 15.0 Å². The minimum absolute atomic E-state index is 0.569. The molecule has 0 fully saturated rings. The van der Waals surface area contributed by atoms with Crippen LogP contribution in [0, 0.1) is 13.8 Å². The van der Waals surface area contributed by atoms with Gasteiger partial charge in [0.25, 0.3) is 0 Å². The zero-order valence-corrected chi connectivity index (χ0v) is 11.9. The molecule has 0 aliphatic rings. The molecule has 2 aromatic rings. The van der Waals surface area contributed by atoms with E-state index in [-0.39, 0.29) is 0 Å². The van der Waals surface area contributed by atoms with E-state index in [1.807, 2.05) is 26.1 Å². The van der Waals surface area contributed by atoms with Gasteiger partial charge in [0, 0.05) is 19.4 Å². The summed E-state index contributed by atoms with van der Waals surface area (Å²) in [6.45, 7) is 4.12. The molecule has 0 unspecified atom stereocenters. The van der Waals surface area contributed by atoms with Crippen LogP contribution in [0.3, 0.4) is 0 Å². The number of hydrogen-bond acceptors (Lipinski definition) is 4. The van der Waals surface area contributed by atoms with Gasteiger partial charge < -0.3 is 4.90 Å². The summed E-state index contributed by atoms with van der Waals surface area (Å²) in [5.41, 5.74) is 3.34. The number of aliphatic imine (C=N–C) groups is 2. The van der Waals surface area contributed by atoms with E-state index in [1.165, 1.54) is 5.56 Å². The summed E-state index contributed by atoms with van der Waals surface area (Å²) in [5.74, 6) is 0.569. The molecule has 0 atom stereocenters. The van der Waals surface area contributed by atoms with E-state index in [1.54, 1.807) is 36.2 Å². The molecule has 0 spiro atoms. The van der Waals surface area contributed by atoms with E-state index < -0.39 is 0 Å². The van der Waals surface area contributed by atoms with E-state index in [4.69, 9.17) is 0 Å². The molecule has 0 aliphatic heterocycles. The second-order valence-electron chi connectivity index (χ2n) is 4.51. The van der Waals surface area contributed by atoms with Gasteiger partial charge in [-0.15, -0.1) is 0 Å². The molecule has 102 valence electrons. The molecule has 0 saturated carbocycles. The predicted molar refractivity (Wildman–Crippen MR) is 82.0 cm³/mol. The van der Waals surface area contributed by atoms with E-state index in [2.05, 4.69) is 32.9 Å². The fourth-order valence-electron chi connectivity index (χ4n) is 1.64. The maximum Gasteiger partial charge on any atom is 0.172 e. The minimum atomic E-state index is 0.569. The van der Waals surface area contributed by atoms with Crippen molar-refractivity contribution in [1.82, 2.24) is 14.9 Å². The van der Waals surface area contributed by atoms with Crippen LogP contribution in [0.2, 0.25) is 0 Å². The van der Waals surface area contributed by atoms with Crippen LogP contribution < -0.4 is 0 Å². The third-order valence-electron chi connectivity index (χ3n) is 2.65. The lowest BCUT2D eigenvalue weighted by Crippen LogP contribution is -2.12. The van der Waals surface area contributed by atoms with Crippen molar-refractivity contribution in [3.63, 3.8) is 0 Å². The van der Waals surface area contributed by atoms with Crippen molar-refractivity contribution < 1.29 is 0 Å². The first-order chi connectivity index (χ1) is 9.65. The Kier molecular flexibility index (Phi) is 4.55. The molecule has 0 N–H and O–H groups in total. The Morgan fingerprint density at radius 1 is 1.10 bits per heavy atom. The molecule has 1 heterocycles. The number of benzene rings is 1. The van der Waals surface area contributed by atoms with Crippen LogP contribution in [0.25, 0.3) is 0 Å². The number of nitrogens with zero attached hydrogens (tertiary/aromatic N) is 5. The van der Waals surface area contributed by atoms with Crippen molar-refractivity contribution in [2.24, 2.45) is 9.98 Å². The van der Waals surface area contributed by atoms with Gasteiger partial charge in [0.1, 0.15) is 0 Å². The van der Waals surface area contributed by atoms with Crippen molar-refractivity contribution in [3.8, 4) is 0 Å². The number of aromatic nitrogens is 2. The molecule has 0 radical (unpaired) electrons. The Hall–Kier alpha value is -2.56. The minimum Gasteiger partial charge on any atom is -0.326 e. The fourth-order valence-corrected chi connectivity index (χ4v) is 1.64. The highest BCUT2D eigenvalue weighted by molar-refractivity contribution is 5.78. The first-order valence-corrected chi connectivity index (χ1v) is 6.29. The van der Waals surface area contributed by atoms with Crippen molar-refractivity contribution >= 4 is 24.2 Å². The summed E-state index contributed by atoms with van der Waals surface area (Å²) in [7, 11) is 1.87. The lowest BCUT2D eigenvalue weighted by molar-refractivity contribution is 0.801. The van der Waals surface area contributed by atoms with Crippen LogP contribution >= 0.6 is 0 Å². The van der Waals surface area contributed by atoms with Gasteiger partial charge in [-0.05, 0) is 25.5 Å². The topological polar surface area (TPSA) is 53.7 Å². The largest absolute Gasteiger partial charge is 0.326 e. The Bertz CT molecular complexity index is 619. The van der Waals surface area contributed by atoms with E-state index in [0.717, 1.165) is 11.3 Å². The van der Waals surface area contributed by atoms with Crippen LogP contribution in [0.15, 0.2) is 46.8 Å². The molecule has 0 bridgehead atoms. The van der Waals surface area contributed by atoms with Crippen molar-refractivity contribution in [2.75, 3.05) is 7.05 Å². The van der Waals surface area contributed by atoms with Crippen molar-refractivity contribution in [1.29, 1.82) is 0 Å². The van der Waals surface area contributed by atoms with Gasteiger partial charge in [-0.1, -0.05) is 17.7 Å². The van der Waals surface area contributed by atoms with Gasteiger partial charge in [0.15, 0.2) is 5.82 Å². The zero-order chi connectivity index (χ0) is 14.4. The predicted octanol–water partition coefficient (Wildman–Crippen LogP) is 3.05. The Balaban J connectivity index is 2.02. The van der Waals surface area contributed by atoms with E-state index in [0.29, 0.717) is 5.82 Å². The quantitative estimate of drug-likeness (QED) is 0.632. The molecule has 5 nitrogen and oxygen atoms in total. The molecule has 0 amide bonds. The molecular weight excluding hydrogens is 250 g/mol. The molecule has 5 heteroatoms. The SMILES string of the molecule is Cc1ccc(/N=C/N(C)/C=N/c2cnccn2)c(C)c1. The van der Waals surface area contributed by atoms with Gasteiger partial charge in [0.2, 0.25) is 0 Å². The Labute approximate surface area is 118 Å². The van der Waals surface area contributed by atoms with E-state index in [9.17, 15) is 0 Å². The molecule has 1 aromatic heterocycles. The lowest BCUT2D eigenvalue weighted by Gasteiger charge is -2.06. The first-order valence-electron chi connectivity index (χ1n) is 6.29. The Morgan fingerprint density at radius 3 is 2.60 bits per heavy atom. The maximum absolute atomic E-state index is 4.43. The zero-order valence-electron chi connectivity index (χ0n) is 11.9. The smallest absolute Gasteiger partial charge is 0.172 e. The molecular formula is C15H17N5. The van der Waals surface area contributed by atoms with Gasteiger partial charge >= 0.3 is 0 Å². The highest BCUT2D eigenvalue weighted by Gasteiger charge is 1.95. The third-order valence-corrected chi connectivity index (χ3v) is 2.65. The van der Waals surface area contributed by atoms with Gasteiger partial charge in [0.05, 0.1) is 24.6 Å². The molecule has 1 aromatic carbocycles. The third kappa shape index (κ3) is 3.98. The van der Waals surface area contributed by atoms with Crippen LogP contribution in [0.4, 0.5) is 11.5 Å². The summed E-state index contributed by atoms with van der Waals surface area (Å²) >= 11 is 0.